The third-order valence-corrected chi connectivity index (χ3v) is 11.9. The number of ether oxygens (including phenoxy) is 1. The minimum Gasteiger partial charge on any atom is -0.508 e. The second-order valence-corrected chi connectivity index (χ2v) is 17.2. The highest BCUT2D eigenvalue weighted by atomic mass is 16.5. The van der Waals surface area contributed by atoms with E-state index in [2.05, 4.69) is 16.1 Å². The fourth-order valence-electron chi connectivity index (χ4n) is 8.00. The van der Waals surface area contributed by atoms with Crippen molar-refractivity contribution in [3.8, 4) is 5.75 Å². The number of rotatable bonds is 9. The van der Waals surface area contributed by atoms with Crippen LogP contribution >= 0.6 is 0 Å². The molecule has 0 radical (unpaired) electrons. The zero-order chi connectivity index (χ0) is 44.6. The number of hydrogen-bond donors (Lipinski definition) is 5. The van der Waals surface area contributed by atoms with Crippen LogP contribution in [0.15, 0.2) is 72.4 Å². The van der Waals surface area contributed by atoms with Crippen molar-refractivity contribution in [2.24, 2.45) is 17.8 Å². The molecular weight excluding hydrogens is 779 g/mol. The SMILES string of the molecule is CC(=O)CC[C@H]1C(=O)N[C@@H](C(C)C)C(=O)NC(c2cccc(O)c2)C(=O)N2CCCC(N2)C(=O)O[C@H](/C(C)=C/C=C/C(=O)N(C)C2CCCCC2)C/C=C/C=C/C[C@H](C)[C@H]1O. The summed E-state index contributed by atoms with van der Waals surface area (Å²) >= 11 is 0. The smallest absolute Gasteiger partial charge is 0.325 e. The first-order valence-corrected chi connectivity index (χ1v) is 21.9. The zero-order valence-corrected chi connectivity index (χ0v) is 36.7. The number of aliphatic hydroxyl groups is 1. The van der Waals surface area contributed by atoms with Crippen molar-refractivity contribution in [3.63, 3.8) is 0 Å². The average Bonchev–Trinajstić information content (AvgIpc) is 3.24. The van der Waals surface area contributed by atoms with Crippen molar-refractivity contribution in [2.45, 2.75) is 142 Å². The molecule has 334 valence electrons. The number of fused-ring (bicyclic) bond motifs is 2. The van der Waals surface area contributed by atoms with Crippen LogP contribution in [0.1, 0.15) is 117 Å². The topological polar surface area (TPSA) is 195 Å². The third kappa shape index (κ3) is 14.5. The number of aromatic hydroxyl groups is 1. The summed E-state index contributed by atoms with van der Waals surface area (Å²) in [5, 5.41) is 28.7. The van der Waals surface area contributed by atoms with Crippen molar-refractivity contribution < 1.29 is 43.7 Å². The Bertz CT molecular complexity index is 1820. The molecule has 1 aromatic carbocycles. The van der Waals surface area contributed by atoms with Crippen LogP contribution in [0.4, 0.5) is 0 Å². The van der Waals surface area contributed by atoms with E-state index in [1.165, 1.54) is 36.6 Å². The monoisotopic (exact) mass is 845 g/mol. The van der Waals surface area contributed by atoms with Gasteiger partial charge in [0.1, 0.15) is 35.8 Å². The van der Waals surface area contributed by atoms with Crippen molar-refractivity contribution in [2.75, 3.05) is 13.6 Å². The Hall–Kier alpha value is -5.08. The molecule has 0 spiro atoms. The van der Waals surface area contributed by atoms with Gasteiger partial charge in [-0.3, -0.25) is 29.0 Å². The van der Waals surface area contributed by atoms with Gasteiger partial charge in [0.25, 0.3) is 5.91 Å². The molecule has 2 heterocycles. The lowest BCUT2D eigenvalue weighted by Crippen LogP contribution is -2.59. The van der Waals surface area contributed by atoms with Gasteiger partial charge in [0.15, 0.2) is 0 Å². The molecule has 2 bridgehead atoms. The summed E-state index contributed by atoms with van der Waals surface area (Å²) in [4.78, 5) is 83.1. The van der Waals surface area contributed by atoms with E-state index in [1.807, 2.05) is 38.3 Å². The molecule has 4 rings (SSSR count). The number of cyclic esters (lactones) is 1. The molecular formula is C47H67N5O9. The van der Waals surface area contributed by atoms with Crippen molar-refractivity contribution in [3.05, 3.63) is 77.9 Å². The van der Waals surface area contributed by atoms with Crippen LogP contribution < -0.4 is 16.1 Å². The Morgan fingerprint density at radius 3 is 2.34 bits per heavy atom. The van der Waals surface area contributed by atoms with Gasteiger partial charge >= 0.3 is 5.97 Å². The number of nitrogens with zero attached hydrogens (tertiary/aromatic N) is 2. The fraction of sp³-hybridized carbons (Fsp3) is 0.574. The van der Waals surface area contributed by atoms with Gasteiger partial charge in [-0.2, -0.15) is 0 Å². The average molecular weight is 846 g/mol. The molecule has 0 aromatic heterocycles. The molecule has 2 aliphatic heterocycles. The lowest BCUT2D eigenvalue weighted by molar-refractivity contribution is -0.156. The number of hydrazine groups is 1. The first-order chi connectivity index (χ1) is 29.1. The van der Waals surface area contributed by atoms with E-state index < -0.39 is 71.8 Å². The predicted molar refractivity (Wildman–Crippen MR) is 232 cm³/mol. The Labute approximate surface area is 360 Å². The highest BCUT2D eigenvalue weighted by Gasteiger charge is 2.38. The van der Waals surface area contributed by atoms with Crippen LogP contribution in [0, 0.1) is 17.8 Å². The number of carbonyl (C=O) groups excluding carboxylic acids is 6. The van der Waals surface area contributed by atoms with Crippen LogP contribution in [0.25, 0.3) is 0 Å². The molecule has 1 aliphatic carbocycles. The fourth-order valence-corrected chi connectivity index (χ4v) is 8.00. The molecule has 14 heteroatoms. The highest BCUT2D eigenvalue weighted by molar-refractivity contribution is 5.93. The maximum atomic E-state index is 14.4. The van der Waals surface area contributed by atoms with Gasteiger partial charge in [0.2, 0.25) is 17.7 Å². The van der Waals surface area contributed by atoms with E-state index in [9.17, 15) is 39.0 Å². The van der Waals surface area contributed by atoms with E-state index in [4.69, 9.17) is 4.74 Å². The molecule has 7 atom stereocenters. The van der Waals surface area contributed by atoms with E-state index >= 15 is 0 Å². The number of allylic oxidation sites excluding steroid dienone is 5. The number of phenolic OH excluding ortho intramolecular Hbond substituents is 1. The second kappa shape index (κ2) is 23.8. The van der Waals surface area contributed by atoms with Crippen LogP contribution in [0.5, 0.6) is 5.75 Å². The molecule has 1 saturated heterocycles. The maximum absolute atomic E-state index is 14.4. The van der Waals surface area contributed by atoms with Crippen molar-refractivity contribution in [1.82, 2.24) is 26.0 Å². The molecule has 5 N–H and O–H groups in total. The zero-order valence-electron chi connectivity index (χ0n) is 36.7. The lowest BCUT2D eigenvalue weighted by Gasteiger charge is -2.36. The van der Waals surface area contributed by atoms with Gasteiger partial charge in [-0.05, 0) is 87.5 Å². The summed E-state index contributed by atoms with van der Waals surface area (Å²) in [6.07, 6.45) is 17.4. The van der Waals surface area contributed by atoms with Crippen LogP contribution in [-0.4, -0.2) is 99.4 Å². The standard InChI is InChI=1S/C47H67N5O9/c1-30(2)41-45(58)49-42(34-19-15-22-36(54)29-34)46(59)52-28-16-23-38(50-52)47(60)61-39(31(3)18-14-25-40(55)51(6)35-20-11-9-12-21-35)24-13-8-7-10-17-32(4)43(56)37(44(57)48-41)27-26-33(5)53/h7-8,10,13-15,18-19,22,25,29-30,32,35,37-39,41-43,50,54,56H,9,11-12,16-17,20-21,23-24,26-28H2,1-6H3,(H,48,57)(H,49,58)/b10-7+,13-8+,25-14+,31-18+/t32-,37+,38?,39-,41-,42?,43+/m0/s1. The van der Waals surface area contributed by atoms with E-state index in [0.29, 0.717) is 31.3 Å². The molecule has 14 nitrogen and oxygen atoms in total. The first-order valence-electron chi connectivity index (χ1n) is 21.9. The number of carbonyl (C=O) groups is 6. The molecule has 3 aliphatic rings. The van der Waals surface area contributed by atoms with E-state index in [1.54, 1.807) is 50.0 Å². The number of Topliss-reactive ketones (excluding diaryl/α,β-unsaturated/α-hetero) is 1. The van der Waals surface area contributed by atoms with Crippen LogP contribution in [0.2, 0.25) is 0 Å². The number of likely N-dealkylation sites (N-methyl/N-ethyl adjacent to an activating group) is 1. The number of hydrogen-bond acceptors (Lipinski definition) is 10. The number of aliphatic hydroxyl groups excluding tert-OH is 1. The Morgan fingerprint density at radius 2 is 1.67 bits per heavy atom. The number of esters is 1. The summed E-state index contributed by atoms with van der Waals surface area (Å²) in [6, 6.07) is 2.76. The number of amides is 4. The van der Waals surface area contributed by atoms with Gasteiger partial charge in [0.05, 0.1) is 12.0 Å². The number of ketones is 1. The third-order valence-electron chi connectivity index (χ3n) is 11.9. The first kappa shape index (κ1) is 48.6. The second-order valence-electron chi connectivity index (χ2n) is 17.2. The minimum atomic E-state index is -1.33. The number of phenols is 1. The van der Waals surface area contributed by atoms with Gasteiger partial charge in [-0.15, -0.1) is 0 Å². The quantitative estimate of drug-likeness (QED) is 0.124. The highest BCUT2D eigenvalue weighted by Crippen LogP contribution is 2.26. The van der Waals surface area contributed by atoms with Crippen LogP contribution in [0.3, 0.4) is 0 Å². The van der Waals surface area contributed by atoms with Gasteiger partial charge in [-0.25, -0.2) is 5.43 Å². The lowest BCUT2D eigenvalue weighted by atomic mass is 9.85. The maximum Gasteiger partial charge on any atom is 0.325 e. The number of benzene rings is 1. The summed E-state index contributed by atoms with van der Waals surface area (Å²) in [7, 11) is 1.83. The van der Waals surface area contributed by atoms with Gasteiger partial charge in [0, 0.05) is 38.6 Å². The summed E-state index contributed by atoms with van der Waals surface area (Å²) in [5.74, 6) is -4.70. The molecule has 2 fully saturated rings. The van der Waals surface area contributed by atoms with Gasteiger partial charge < -0.3 is 35.3 Å². The molecule has 4 amide bonds. The molecule has 2 unspecified atom stereocenters. The number of nitrogens with one attached hydrogen (secondary N) is 3. The van der Waals surface area contributed by atoms with Crippen molar-refractivity contribution >= 4 is 35.4 Å². The summed E-state index contributed by atoms with van der Waals surface area (Å²) in [5.41, 5.74) is 3.99. The van der Waals surface area contributed by atoms with Crippen LogP contribution in [-0.2, 0) is 33.5 Å². The summed E-state index contributed by atoms with van der Waals surface area (Å²) in [6.45, 7) is 8.72. The van der Waals surface area contributed by atoms with Gasteiger partial charge in [-0.1, -0.05) is 88.6 Å². The predicted octanol–water partition coefficient (Wildman–Crippen LogP) is 5.28. The molecule has 61 heavy (non-hydrogen) atoms. The van der Waals surface area contributed by atoms with E-state index in [0.717, 1.165) is 25.7 Å². The normalized spacial score (nSPS) is 28.2. The Morgan fingerprint density at radius 1 is 0.967 bits per heavy atom. The molecule has 1 aromatic rings. The summed E-state index contributed by atoms with van der Waals surface area (Å²) < 4.78 is 6.11. The largest absolute Gasteiger partial charge is 0.508 e. The van der Waals surface area contributed by atoms with E-state index in [-0.39, 0.29) is 48.4 Å². The Balaban J connectivity index is 1.68. The Kier molecular flexibility index (Phi) is 19.0. The van der Waals surface area contributed by atoms with Crippen molar-refractivity contribution in [1.29, 1.82) is 0 Å². The molecule has 1 saturated carbocycles. The minimum absolute atomic E-state index is 0.0557.